The van der Waals surface area contributed by atoms with Gasteiger partial charge < -0.3 is 9.69 Å². The van der Waals surface area contributed by atoms with Crippen LogP contribution in [0.5, 0.6) is 0 Å². The highest BCUT2D eigenvalue weighted by Gasteiger charge is 2.36. The number of hydrogen-bond acceptors (Lipinski definition) is 2. The number of carbonyl (C=O) groups excluding carboxylic acids is 1. The lowest BCUT2D eigenvalue weighted by Crippen LogP contribution is -2.37. The molecule has 0 radical (unpaired) electrons. The Morgan fingerprint density at radius 2 is 1.82 bits per heavy atom. The highest BCUT2D eigenvalue weighted by Crippen LogP contribution is 2.39. The van der Waals surface area contributed by atoms with E-state index in [9.17, 15) is 4.79 Å². The summed E-state index contributed by atoms with van der Waals surface area (Å²) in [5, 5.41) is 0. The predicted molar refractivity (Wildman–Crippen MR) is 71.0 cm³/mol. The van der Waals surface area contributed by atoms with Crippen molar-refractivity contribution in [1.82, 2.24) is 4.90 Å². The topological polar surface area (TPSA) is 20.3 Å². The van der Waals surface area contributed by atoms with E-state index in [0.717, 1.165) is 31.2 Å². The third kappa shape index (κ3) is 3.54. The first-order chi connectivity index (χ1) is 8.15. The van der Waals surface area contributed by atoms with Crippen molar-refractivity contribution in [1.29, 1.82) is 0 Å². The number of hydrogen-bond donors (Lipinski definition) is 0. The van der Waals surface area contributed by atoms with Crippen LogP contribution in [0.3, 0.4) is 0 Å². The monoisotopic (exact) mass is 237 g/mol. The minimum Gasteiger partial charge on any atom is -0.305 e. The van der Waals surface area contributed by atoms with Crippen molar-refractivity contribution in [3.8, 4) is 0 Å². The van der Waals surface area contributed by atoms with Gasteiger partial charge in [-0.05, 0) is 38.1 Å². The summed E-state index contributed by atoms with van der Waals surface area (Å²) in [6, 6.07) is 0. The largest absolute Gasteiger partial charge is 0.305 e. The molecule has 2 atom stereocenters. The van der Waals surface area contributed by atoms with Gasteiger partial charge in [-0.15, -0.1) is 0 Å². The molecule has 0 aliphatic heterocycles. The minimum absolute atomic E-state index is 0.0244. The highest BCUT2D eigenvalue weighted by atomic mass is 16.1. The van der Waals surface area contributed by atoms with E-state index >= 15 is 0 Å². The maximum atomic E-state index is 11.5. The third-order valence-corrected chi connectivity index (χ3v) is 4.76. The Labute approximate surface area is 106 Å². The molecule has 98 valence electrons. The van der Waals surface area contributed by atoms with Gasteiger partial charge in [0.05, 0.1) is 0 Å². The maximum absolute atomic E-state index is 11.5. The predicted octanol–water partition coefficient (Wildman–Crippen LogP) is 3.11. The molecule has 0 aromatic heterocycles. The molecule has 2 rings (SSSR count). The van der Waals surface area contributed by atoms with Crippen LogP contribution in [0.15, 0.2) is 0 Å². The van der Waals surface area contributed by atoms with Crippen LogP contribution in [-0.2, 0) is 4.79 Å². The Hall–Kier alpha value is -0.370. The number of carbonyl (C=O) groups is 1. The van der Waals surface area contributed by atoms with Crippen molar-refractivity contribution in [2.45, 2.75) is 51.9 Å². The fraction of sp³-hybridized carbons (Fsp3) is 0.933. The van der Waals surface area contributed by atoms with E-state index in [1.54, 1.807) is 0 Å². The van der Waals surface area contributed by atoms with Gasteiger partial charge in [-0.1, -0.05) is 32.6 Å². The molecule has 0 N–H and O–H groups in total. The van der Waals surface area contributed by atoms with Crippen LogP contribution in [0, 0.1) is 17.3 Å². The van der Waals surface area contributed by atoms with Crippen LogP contribution >= 0.6 is 0 Å². The van der Waals surface area contributed by atoms with Gasteiger partial charge in [-0.3, -0.25) is 0 Å². The lowest BCUT2D eigenvalue weighted by atomic mass is 9.81. The fourth-order valence-electron chi connectivity index (χ4n) is 3.40. The zero-order valence-corrected chi connectivity index (χ0v) is 11.5. The van der Waals surface area contributed by atoms with Crippen molar-refractivity contribution in [3.63, 3.8) is 0 Å². The van der Waals surface area contributed by atoms with E-state index in [1.165, 1.54) is 44.9 Å². The van der Waals surface area contributed by atoms with E-state index in [0.29, 0.717) is 0 Å². The van der Waals surface area contributed by atoms with E-state index in [1.807, 2.05) is 0 Å². The van der Waals surface area contributed by atoms with Gasteiger partial charge in [0.2, 0.25) is 0 Å². The number of nitrogens with zero attached hydrogens (tertiary/aromatic N) is 1. The minimum atomic E-state index is -0.0244. The summed E-state index contributed by atoms with van der Waals surface area (Å²) in [6.07, 6.45) is 10.0. The van der Waals surface area contributed by atoms with E-state index in [2.05, 4.69) is 18.9 Å². The van der Waals surface area contributed by atoms with Gasteiger partial charge >= 0.3 is 0 Å². The Balaban J connectivity index is 1.85. The molecule has 0 aromatic carbocycles. The Morgan fingerprint density at radius 3 is 2.29 bits per heavy atom. The Morgan fingerprint density at radius 1 is 1.24 bits per heavy atom. The SMILES string of the molecule is CC1CC1CN(C)CC1(C=O)CCCCCC1. The van der Waals surface area contributed by atoms with Crippen LogP contribution in [0.2, 0.25) is 0 Å². The molecule has 2 aliphatic carbocycles. The summed E-state index contributed by atoms with van der Waals surface area (Å²) < 4.78 is 0. The van der Waals surface area contributed by atoms with Crippen molar-refractivity contribution in [2.75, 3.05) is 20.1 Å². The second-order valence-corrected chi connectivity index (χ2v) is 6.56. The Kier molecular flexibility index (Phi) is 4.24. The quantitative estimate of drug-likeness (QED) is 0.541. The Bertz CT molecular complexity index is 256. The zero-order valence-electron chi connectivity index (χ0n) is 11.5. The molecule has 2 heteroatoms. The van der Waals surface area contributed by atoms with Gasteiger partial charge in [-0.25, -0.2) is 0 Å². The lowest BCUT2D eigenvalue weighted by molar-refractivity contribution is -0.118. The molecule has 2 aliphatic rings. The van der Waals surface area contributed by atoms with Gasteiger partial charge in [-0.2, -0.15) is 0 Å². The van der Waals surface area contributed by atoms with Crippen molar-refractivity contribution in [2.24, 2.45) is 17.3 Å². The van der Waals surface area contributed by atoms with E-state index in [-0.39, 0.29) is 5.41 Å². The average molecular weight is 237 g/mol. The van der Waals surface area contributed by atoms with Crippen molar-refractivity contribution >= 4 is 6.29 Å². The van der Waals surface area contributed by atoms with E-state index < -0.39 is 0 Å². The van der Waals surface area contributed by atoms with Gasteiger partial charge in [0.15, 0.2) is 0 Å². The number of aldehydes is 1. The molecule has 0 amide bonds. The second kappa shape index (κ2) is 5.51. The summed E-state index contributed by atoms with van der Waals surface area (Å²) in [7, 11) is 2.20. The standard InChI is InChI=1S/C15H27NO/c1-13-9-14(13)10-16(2)11-15(12-17)7-5-3-4-6-8-15/h12-14H,3-11H2,1-2H3. The molecule has 2 saturated carbocycles. The van der Waals surface area contributed by atoms with Crippen LogP contribution in [0.4, 0.5) is 0 Å². The van der Waals surface area contributed by atoms with Crippen LogP contribution in [0.25, 0.3) is 0 Å². The summed E-state index contributed by atoms with van der Waals surface area (Å²) >= 11 is 0. The summed E-state index contributed by atoms with van der Waals surface area (Å²) in [6.45, 7) is 4.51. The molecule has 2 unspecified atom stereocenters. The van der Waals surface area contributed by atoms with Gasteiger partial charge in [0.1, 0.15) is 6.29 Å². The average Bonchev–Trinajstić information content (AvgIpc) is 3.02. The molecule has 0 saturated heterocycles. The van der Waals surface area contributed by atoms with Crippen molar-refractivity contribution < 1.29 is 4.79 Å². The first kappa shape index (κ1) is 13.1. The van der Waals surface area contributed by atoms with Crippen LogP contribution < -0.4 is 0 Å². The zero-order chi connectivity index (χ0) is 12.3. The molecular formula is C15H27NO. The normalized spacial score (nSPS) is 32.2. The van der Waals surface area contributed by atoms with Gasteiger partial charge in [0, 0.05) is 18.5 Å². The van der Waals surface area contributed by atoms with Gasteiger partial charge in [0.25, 0.3) is 0 Å². The molecule has 0 spiro atoms. The smallest absolute Gasteiger partial charge is 0.127 e. The summed E-state index contributed by atoms with van der Waals surface area (Å²) in [5.74, 6) is 1.81. The molecular weight excluding hydrogens is 210 g/mol. The van der Waals surface area contributed by atoms with E-state index in [4.69, 9.17) is 0 Å². The highest BCUT2D eigenvalue weighted by molar-refractivity contribution is 5.59. The van der Waals surface area contributed by atoms with Crippen LogP contribution in [-0.4, -0.2) is 31.3 Å². The number of rotatable bonds is 5. The first-order valence-corrected chi connectivity index (χ1v) is 7.30. The molecule has 2 fully saturated rings. The van der Waals surface area contributed by atoms with Crippen LogP contribution in [0.1, 0.15) is 51.9 Å². The fourth-order valence-corrected chi connectivity index (χ4v) is 3.40. The summed E-state index contributed by atoms with van der Waals surface area (Å²) in [4.78, 5) is 13.9. The first-order valence-electron chi connectivity index (χ1n) is 7.30. The summed E-state index contributed by atoms with van der Waals surface area (Å²) in [5.41, 5.74) is -0.0244. The van der Waals surface area contributed by atoms with Crippen molar-refractivity contribution in [3.05, 3.63) is 0 Å². The lowest BCUT2D eigenvalue weighted by Gasteiger charge is -2.31. The molecule has 2 nitrogen and oxygen atoms in total. The second-order valence-electron chi connectivity index (χ2n) is 6.56. The molecule has 17 heavy (non-hydrogen) atoms. The molecule has 0 heterocycles. The molecule has 0 bridgehead atoms. The third-order valence-electron chi connectivity index (χ3n) is 4.76. The molecule has 0 aromatic rings. The maximum Gasteiger partial charge on any atom is 0.127 e.